The van der Waals surface area contributed by atoms with Crippen LogP contribution in [0.1, 0.15) is 38.2 Å². The Labute approximate surface area is 138 Å². The Balaban J connectivity index is 2.01. The van der Waals surface area contributed by atoms with Crippen molar-refractivity contribution in [1.82, 2.24) is 0 Å². The molecule has 2 N–H and O–H groups in total. The van der Waals surface area contributed by atoms with Gasteiger partial charge in [0.1, 0.15) is 5.75 Å². The lowest BCUT2D eigenvalue weighted by Gasteiger charge is -2.09. The zero-order chi connectivity index (χ0) is 16.7. The number of benzene rings is 2. The number of hydrogen-bond acceptors (Lipinski definition) is 3. The number of unbranched alkanes of at least 4 members (excludes halogenated alkanes) is 3. The first kappa shape index (κ1) is 17.3. The highest BCUT2D eigenvalue weighted by Crippen LogP contribution is 2.19. The molecule has 4 nitrogen and oxygen atoms in total. The number of phenolic OH excluding ortho intramolecular Hbond substituents is 1. The molecule has 0 aliphatic rings. The van der Waals surface area contributed by atoms with Gasteiger partial charge in [0.15, 0.2) is 0 Å². The van der Waals surface area contributed by atoms with Gasteiger partial charge in [-0.2, -0.15) is 0 Å². The lowest BCUT2D eigenvalue weighted by atomic mass is 10.1. The molecule has 5 heteroatoms. The second-order valence-electron chi connectivity index (χ2n) is 5.61. The highest BCUT2D eigenvalue weighted by Gasteiger charge is 2.13. The number of hydrogen-bond donors (Lipinski definition) is 2. The molecule has 0 aromatic heterocycles. The van der Waals surface area contributed by atoms with E-state index in [4.69, 9.17) is 0 Å². The predicted octanol–water partition coefficient (Wildman–Crippen LogP) is 4.32. The predicted molar refractivity (Wildman–Crippen MR) is 93.2 cm³/mol. The largest absolute Gasteiger partial charge is 0.508 e. The summed E-state index contributed by atoms with van der Waals surface area (Å²) in [6.07, 6.45) is 5.76. The first-order chi connectivity index (χ1) is 11.0. The van der Waals surface area contributed by atoms with Crippen molar-refractivity contribution in [2.24, 2.45) is 0 Å². The van der Waals surface area contributed by atoms with Crippen LogP contribution >= 0.6 is 0 Å². The van der Waals surface area contributed by atoms with E-state index in [0.29, 0.717) is 5.69 Å². The van der Waals surface area contributed by atoms with Crippen molar-refractivity contribution in [3.63, 3.8) is 0 Å². The number of anilines is 1. The normalized spacial score (nSPS) is 11.3. The van der Waals surface area contributed by atoms with E-state index in [1.165, 1.54) is 43.5 Å². The van der Waals surface area contributed by atoms with E-state index in [0.717, 1.165) is 18.4 Å². The average molecular weight is 333 g/mol. The van der Waals surface area contributed by atoms with Gasteiger partial charge in [-0.15, -0.1) is 0 Å². The molecule has 0 radical (unpaired) electrons. The van der Waals surface area contributed by atoms with Gasteiger partial charge >= 0.3 is 0 Å². The molecule has 0 saturated carbocycles. The Morgan fingerprint density at radius 3 is 2.17 bits per heavy atom. The van der Waals surface area contributed by atoms with Gasteiger partial charge in [-0.05, 0) is 54.8 Å². The lowest BCUT2D eigenvalue weighted by Crippen LogP contribution is -2.12. The molecule has 0 bridgehead atoms. The highest BCUT2D eigenvalue weighted by atomic mass is 32.2. The summed E-state index contributed by atoms with van der Waals surface area (Å²) in [5.41, 5.74) is 1.58. The number of aryl methyl sites for hydroxylation is 1. The van der Waals surface area contributed by atoms with Gasteiger partial charge in [0.2, 0.25) is 0 Å². The summed E-state index contributed by atoms with van der Waals surface area (Å²) in [6.45, 7) is 2.18. The molecule has 2 aromatic rings. The van der Waals surface area contributed by atoms with E-state index in [2.05, 4.69) is 11.6 Å². The molecule has 0 aliphatic heterocycles. The molecule has 0 atom stereocenters. The molecule has 0 amide bonds. The van der Waals surface area contributed by atoms with E-state index in [1.807, 2.05) is 12.1 Å². The third-order valence-electron chi connectivity index (χ3n) is 3.67. The van der Waals surface area contributed by atoms with Gasteiger partial charge in [0.25, 0.3) is 10.0 Å². The fraction of sp³-hybridized carbons (Fsp3) is 0.333. The quantitative estimate of drug-likeness (QED) is 0.558. The first-order valence-corrected chi connectivity index (χ1v) is 9.40. The molecule has 0 unspecified atom stereocenters. The SMILES string of the molecule is CCCCCCc1ccc(S(=O)(=O)Nc2ccc(O)cc2)cc1. The van der Waals surface area contributed by atoms with Crippen LogP contribution in [0.5, 0.6) is 5.75 Å². The third-order valence-corrected chi connectivity index (χ3v) is 5.07. The summed E-state index contributed by atoms with van der Waals surface area (Å²) >= 11 is 0. The van der Waals surface area contributed by atoms with Crippen LogP contribution in [0.2, 0.25) is 0 Å². The molecular formula is C18H23NO3S. The summed E-state index contributed by atoms with van der Waals surface area (Å²) in [4.78, 5) is 0.239. The number of nitrogens with one attached hydrogen (secondary N) is 1. The van der Waals surface area contributed by atoms with E-state index in [1.54, 1.807) is 12.1 Å². The second kappa shape index (κ2) is 8.02. The fourth-order valence-electron chi connectivity index (χ4n) is 2.33. The van der Waals surface area contributed by atoms with Gasteiger partial charge in [0, 0.05) is 5.69 Å². The van der Waals surface area contributed by atoms with E-state index in [-0.39, 0.29) is 10.6 Å². The van der Waals surface area contributed by atoms with Crippen LogP contribution in [0.3, 0.4) is 0 Å². The zero-order valence-corrected chi connectivity index (χ0v) is 14.1. The van der Waals surface area contributed by atoms with Gasteiger partial charge in [-0.1, -0.05) is 38.3 Å². The zero-order valence-electron chi connectivity index (χ0n) is 13.3. The summed E-state index contributed by atoms with van der Waals surface area (Å²) in [5, 5.41) is 9.23. The van der Waals surface area contributed by atoms with Crippen LogP contribution in [0.25, 0.3) is 0 Å². The van der Waals surface area contributed by atoms with Gasteiger partial charge in [-0.3, -0.25) is 4.72 Å². The molecule has 2 aromatic carbocycles. The number of sulfonamides is 1. The van der Waals surface area contributed by atoms with Crippen LogP contribution in [0, 0.1) is 0 Å². The molecule has 23 heavy (non-hydrogen) atoms. The van der Waals surface area contributed by atoms with Crippen molar-refractivity contribution in [3.8, 4) is 5.75 Å². The number of rotatable bonds is 8. The smallest absolute Gasteiger partial charge is 0.261 e. The molecule has 0 saturated heterocycles. The monoisotopic (exact) mass is 333 g/mol. The van der Waals surface area contributed by atoms with E-state index in [9.17, 15) is 13.5 Å². The van der Waals surface area contributed by atoms with Crippen LogP contribution in [-0.4, -0.2) is 13.5 Å². The van der Waals surface area contributed by atoms with Crippen molar-refractivity contribution in [3.05, 3.63) is 54.1 Å². The molecule has 0 fully saturated rings. The number of aromatic hydroxyl groups is 1. The third kappa shape index (κ3) is 5.28. The summed E-state index contributed by atoms with van der Waals surface area (Å²) in [5.74, 6) is 0.0976. The van der Waals surface area contributed by atoms with Gasteiger partial charge < -0.3 is 5.11 Å². The average Bonchev–Trinajstić information content (AvgIpc) is 2.54. The summed E-state index contributed by atoms with van der Waals surface area (Å²) in [6, 6.07) is 12.9. The van der Waals surface area contributed by atoms with Crippen molar-refractivity contribution >= 4 is 15.7 Å². The molecule has 2 rings (SSSR count). The minimum Gasteiger partial charge on any atom is -0.508 e. The Morgan fingerprint density at radius 2 is 1.57 bits per heavy atom. The summed E-state index contributed by atoms with van der Waals surface area (Å²) in [7, 11) is -3.60. The minimum absolute atomic E-state index is 0.0976. The first-order valence-electron chi connectivity index (χ1n) is 7.92. The molecule has 0 heterocycles. The maximum Gasteiger partial charge on any atom is 0.261 e. The molecule has 124 valence electrons. The lowest BCUT2D eigenvalue weighted by molar-refractivity contribution is 0.475. The standard InChI is InChI=1S/C18H23NO3S/c1-2-3-4-5-6-15-7-13-18(14-8-15)23(21,22)19-16-9-11-17(20)12-10-16/h7-14,19-20H,2-6H2,1H3. The van der Waals surface area contributed by atoms with E-state index < -0.39 is 10.0 Å². The maximum absolute atomic E-state index is 12.3. The Bertz CT molecular complexity index is 707. The van der Waals surface area contributed by atoms with Crippen molar-refractivity contribution < 1.29 is 13.5 Å². The molecule has 0 spiro atoms. The van der Waals surface area contributed by atoms with Crippen molar-refractivity contribution in [2.75, 3.05) is 4.72 Å². The minimum atomic E-state index is -3.60. The van der Waals surface area contributed by atoms with Crippen LogP contribution in [0.15, 0.2) is 53.4 Å². The van der Waals surface area contributed by atoms with Crippen LogP contribution < -0.4 is 4.72 Å². The molecular weight excluding hydrogens is 310 g/mol. The highest BCUT2D eigenvalue weighted by molar-refractivity contribution is 7.92. The van der Waals surface area contributed by atoms with Crippen molar-refractivity contribution in [2.45, 2.75) is 43.9 Å². The van der Waals surface area contributed by atoms with Crippen molar-refractivity contribution in [1.29, 1.82) is 0 Å². The van der Waals surface area contributed by atoms with Crippen LogP contribution in [0.4, 0.5) is 5.69 Å². The fourth-order valence-corrected chi connectivity index (χ4v) is 3.39. The van der Waals surface area contributed by atoms with Gasteiger partial charge in [-0.25, -0.2) is 8.42 Å². The van der Waals surface area contributed by atoms with Crippen LogP contribution in [-0.2, 0) is 16.4 Å². The summed E-state index contributed by atoms with van der Waals surface area (Å²) < 4.78 is 27.1. The Morgan fingerprint density at radius 1 is 0.913 bits per heavy atom. The number of phenols is 1. The molecule has 0 aliphatic carbocycles. The Kier molecular flexibility index (Phi) is 6.04. The van der Waals surface area contributed by atoms with E-state index >= 15 is 0 Å². The maximum atomic E-state index is 12.3. The van der Waals surface area contributed by atoms with Gasteiger partial charge in [0.05, 0.1) is 4.90 Å². The topological polar surface area (TPSA) is 66.4 Å². The Hall–Kier alpha value is -2.01. The second-order valence-corrected chi connectivity index (χ2v) is 7.29.